The van der Waals surface area contributed by atoms with Gasteiger partial charge in [0.2, 0.25) is 0 Å². The minimum Gasteiger partial charge on any atom is -0.329 e. The fourth-order valence-electron chi connectivity index (χ4n) is 2.65. The highest BCUT2D eigenvalue weighted by Crippen LogP contribution is 2.15. The van der Waals surface area contributed by atoms with Crippen molar-refractivity contribution in [2.45, 2.75) is 19.0 Å². The number of hydrogen-bond donors (Lipinski definition) is 2. The second kappa shape index (κ2) is 7.16. The van der Waals surface area contributed by atoms with E-state index in [9.17, 15) is 0 Å². The van der Waals surface area contributed by atoms with Crippen molar-refractivity contribution >= 4 is 10.8 Å². The van der Waals surface area contributed by atoms with E-state index in [4.69, 9.17) is 5.73 Å². The molecular weight excluding hydrogens is 270 g/mol. The van der Waals surface area contributed by atoms with Crippen molar-refractivity contribution in [3.8, 4) is 0 Å². The van der Waals surface area contributed by atoms with Crippen LogP contribution in [0.1, 0.15) is 11.1 Å². The zero-order valence-electron chi connectivity index (χ0n) is 12.6. The monoisotopic (exact) mass is 291 g/mol. The van der Waals surface area contributed by atoms with Crippen molar-refractivity contribution in [2.24, 2.45) is 5.73 Å². The van der Waals surface area contributed by atoms with E-state index in [1.54, 1.807) is 6.20 Å². The molecule has 0 radical (unpaired) electrons. The summed E-state index contributed by atoms with van der Waals surface area (Å²) in [5.41, 5.74) is 8.39. The Kier molecular flexibility index (Phi) is 4.78. The molecule has 3 aromatic rings. The average molecular weight is 291 g/mol. The highest BCUT2D eigenvalue weighted by atomic mass is 14.9. The molecule has 1 unspecified atom stereocenters. The van der Waals surface area contributed by atoms with Crippen LogP contribution in [0, 0.1) is 0 Å². The van der Waals surface area contributed by atoms with Crippen molar-refractivity contribution in [2.75, 3.05) is 6.54 Å². The molecule has 3 nitrogen and oxygen atoms in total. The Bertz CT molecular complexity index is 725. The summed E-state index contributed by atoms with van der Waals surface area (Å²) in [6.07, 6.45) is 4.60. The summed E-state index contributed by atoms with van der Waals surface area (Å²) in [5, 5.41) is 6.10. The van der Waals surface area contributed by atoms with Gasteiger partial charge in [-0.25, -0.2) is 0 Å². The molecule has 3 heteroatoms. The van der Waals surface area contributed by atoms with Crippen LogP contribution in [0.3, 0.4) is 0 Å². The fourth-order valence-corrected chi connectivity index (χ4v) is 2.65. The molecule has 0 aliphatic carbocycles. The molecular formula is C19H21N3. The number of nitrogens with two attached hydrogens (primary N) is 1. The van der Waals surface area contributed by atoms with E-state index >= 15 is 0 Å². The maximum atomic E-state index is 5.89. The smallest absolute Gasteiger partial charge is 0.0300 e. The molecule has 0 saturated carbocycles. The lowest BCUT2D eigenvalue weighted by atomic mass is 10.1. The van der Waals surface area contributed by atoms with E-state index in [1.807, 2.05) is 12.3 Å². The van der Waals surface area contributed by atoms with Gasteiger partial charge >= 0.3 is 0 Å². The van der Waals surface area contributed by atoms with Crippen molar-refractivity contribution in [3.05, 3.63) is 78.1 Å². The summed E-state index contributed by atoms with van der Waals surface area (Å²) >= 11 is 0. The molecule has 0 amide bonds. The van der Waals surface area contributed by atoms with Gasteiger partial charge in [-0.2, -0.15) is 0 Å². The van der Waals surface area contributed by atoms with E-state index in [1.165, 1.54) is 21.9 Å². The second-order valence-electron chi connectivity index (χ2n) is 5.56. The number of hydrogen-bond acceptors (Lipinski definition) is 3. The standard InChI is InChI=1S/C19H21N3/c20-12-19(11-15-4-3-9-21-13-15)22-14-16-7-8-17-5-1-2-6-18(17)10-16/h1-10,13,19,22H,11-12,14,20H2. The molecule has 1 aromatic heterocycles. The zero-order chi connectivity index (χ0) is 15.2. The predicted molar refractivity (Wildman–Crippen MR) is 91.6 cm³/mol. The summed E-state index contributed by atoms with van der Waals surface area (Å²) < 4.78 is 0. The van der Waals surface area contributed by atoms with Gasteiger partial charge in [-0.05, 0) is 40.5 Å². The van der Waals surface area contributed by atoms with Gasteiger partial charge in [0, 0.05) is 31.5 Å². The van der Waals surface area contributed by atoms with E-state index in [2.05, 4.69) is 58.8 Å². The number of aromatic nitrogens is 1. The molecule has 2 aromatic carbocycles. The first kappa shape index (κ1) is 14.7. The molecule has 0 fully saturated rings. The van der Waals surface area contributed by atoms with E-state index < -0.39 is 0 Å². The maximum Gasteiger partial charge on any atom is 0.0300 e. The number of nitrogens with one attached hydrogen (secondary N) is 1. The molecule has 0 aliphatic rings. The lowest BCUT2D eigenvalue weighted by Gasteiger charge is -2.17. The van der Waals surface area contributed by atoms with Crippen LogP contribution >= 0.6 is 0 Å². The van der Waals surface area contributed by atoms with Crippen LogP contribution in [0.5, 0.6) is 0 Å². The quantitative estimate of drug-likeness (QED) is 0.734. The molecule has 0 aliphatic heterocycles. The molecule has 1 heterocycles. The number of rotatable bonds is 6. The minimum absolute atomic E-state index is 0.260. The predicted octanol–water partition coefficient (Wildman–Crippen LogP) is 2.89. The van der Waals surface area contributed by atoms with Gasteiger partial charge in [0.15, 0.2) is 0 Å². The third-order valence-corrected chi connectivity index (χ3v) is 3.90. The summed E-state index contributed by atoms with van der Waals surface area (Å²) in [7, 11) is 0. The Balaban J connectivity index is 1.64. The Hall–Kier alpha value is -2.23. The minimum atomic E-state index is 0.260. The van der Waals surface area contributed by atoms with Gasteiger partial charge in [-0.3, -0.25) is 4.98 Å². The van der Waals surface area contributed by atoms with E-state index in [0.717, 1.165) is 13.0 Å². The summed E-state index contributed by atoms with van der Waals surface area (Å²) in [6.45, 7) is 1.44. The first-order valence-electron chi connectivity index (χ1n) is 7.65. The topological polar surface area (TPSA) is 50.9 Å². The lowest BCUT2D eigenvalue weighted by molar-refractivity contribution is 0.515. The van der Waals surface area contributed by atoms with Crippen LogP contribution in [0.2, 0.25) is 0 Å². The van der Waals surface area contributed by atoms with Gasteiger partial charge in [-0.1, -0.05) is 42.5 Å². The molecule has 1 atom stereocenters. The summed E-state index contributed by atoms with van der Waals surface area (Å²) in [6, 6.07) is 19.3. The summed E-state index contributed by atoms with van der Waals surface area (Å²) in [4.78, 5) is 4.16. The van der Waals surface area contributed by atoms with Gasteiger partial charge < -0.3 is 11.1 Å². The Morgan fingerprint density at radius 2 is 1.82 bits per heavy atom. The van der Waals surface area contributed by atoms with Crippen LogP contribution < -0.4 is 11.1 Å². The molecule has 22 heavy (non-hydrogen) atoms. The van der Waals surface area contributed by atoms with Gasteiger partial charge in [0.1, 0.15) is 0 Å². The molecule has 3 rings (SSSR count). The van der Waals surface area contributed by atoms with Gasteiger partial charge in [-0.15, -0.1) is 0 Å². The van der Waals surface area contributed by atoms with Crippen molar-refractivity contribution < 1.29 is 0 Å². The van der Waals surface area contributed by atoms with Crippen LogP contribution in [0.25, 0.3) is 10.8 Å². The van der Waals surface area contributed by atoms with E-state index in [-0.39, 0.29) is 6.04 Å². The normalized spacial score (nSPS) is 12.4. The van der Waals surface area contributed by atoms with Crippen LogP contribution in [0.4, 0.5) is 0 Å². The Labute approximate surface area is 131 Å². The third-order valence-electron chi connectivity index (χ3n) is 3.90. The van der Waals surface area contributed by atoms with Crippen molar-refractivity contribution in [1.29, 1.82) is 0 Å². The highest BCUT2D eigenvalue weighted by Gasteiger charge is 2.07. The van der Waals surface area contributed by atoms with Gasteiger partial charge in [0.25, 0.3) is 0 Å². The van der Waals surface area contributed by atoms with E-state index in [0.29, 0.717) is 6.54 Å². The molecule has 0 saturated heterocycles. The third kappa shape index (κ3) is 3.70. The number of pyridine rings is 1. The van der Waals surface area contributed by atoms with Crippen LogP contribution in [0.15, 0.2) is 67.0 Å². The lowest BCUT2D eigenvalue weighted by Crippen LogP contribution is -2.37. The first-order valence-corrected chi connectivity index (χ1v) is 7.65. The molecule has 112 valence electrons. The first-order chi connectivity index (χ1) is 10.8. The van der Waals surface area contributed by atoms with Crippen LogP contribution in [-0.4, -0.2) is 17.6 Å². The maximum absolute atomic E-state index is 5.89. The largest absolute Gasteiger partial charge is 0.329 e. The SMILES string of the molecule is NCC(Cc1cccnc1)NCc1ccc2ccccc2c1. The van der Waals surface area contributed by atoms with Crippen LogP contribution in [-0.2, 0) is 13.0 Å². The van der Waals surface area contributed by atoms with Crippen molar-refractivity contribution in [3.63, 3.8) is 0 Å². The highest BCUT2D eigenvalue weighted by molar-refractivity contribution is 5.82. The number of benzene rings is 2. The molecule has 3 N–H and O–H groups in total. The Morgan fingerprint density at radius 3 is 2.59 bits per heavy atom. The zero-order valence-corrected chi connectivity index (χ0v) is 12.6. The average Bonchev–Trinajstić information content (AvgIpc) is 2.59. The van der Waals surface area contributed by atoms with Crippen molar-refractivity contribution in [1.82, 2.24) is 10.3 Å². The Morgan fingerprint density at radius 1 is 0.955 bits per heavy atom. The summed E-state index contributed by atoms with van der Waals surface area (Å²) in [5.74, 6) is 0. The number of nitrogens with zero attached hydrogens (tertiary/aromatic N) is 1. The second-order valence-corrected chi connectivity index (χ2v) is 5.56. The molecule has 0 bridgehead atoms. The fraction of sp³-hybridized carbons (Fsp3) is 0.211. The number of fused-ring (bicyclic) bond motifs is 1. The molecule has 0 spiro atoms. The van der Waals surface area contributed by atoms with Gasteiger partial charge in [0.05, 0.1) is 0 Å².